The fourth-order valence-electron chi connectivity index (χ4n) is 2.13. The molecular formula is C19H23NO2. The normalized spacial score (nSPS) is 10.3. The Hall–Kier alpha value is -2.29. The summed E-state index contributed by atoms with van der Waals surface area (Å²) in [4.78, 5) is 12.4. The number of anilines is 1. The van der Waals surface area contributed by atoms with Crippen molar-refractivity contribution >= 4 is 11.6 Å². The molecule has 0 unspecified atom stereocenters. The second-order valence-corrected chi connectivity index (χ2v) is 5.50. The second kappa shape index (κ2) is 7.64. The number of nitrogens with one attached hydrogen (secondary N) is 1. The Balaban J connectivity index is 2.09. The summed E-state index contributed by atoms with van der Waals surface area (Å²) in [6.45, 7) is 6.80. The zero-order valence-electron chi connectivity index (χ0n) is 13.5. The number of unbranched alkanes of at least 4 members (excludes halogenated alkanes) is 1. The van der Waals surface area contributed by atoms with Gasteiger partial charge >= 0.3 is 0 Å². The van der Waals surface area contributed by atoms with Gasteiger partial charge in [-0.25, -0.2) is 0 Å². The van der Waals surface area contributed by atoms with Crippen molar-refractivity contribution in [3.63, 3.8) is 0 Å². The molecule has 0 saturated heterocycles. The Kier molecular flexibility index (Phi) is 5.59. The first kappa shape index (κ1) is 16.1. The Morgan fingerprint density at radius 3 is 2.73 bits per heavy atom. The molecule has 0 aromatic heterocycles. The van der Waals surface area contributed by atoms with Gasteiger partial charge in [-0.1, -0.05) is 31.5 Å². The summed E-state index contributed by atoms with van der Waals surface area (Å²) in [5.74, 6) is 0.622. The van der Waals surface area contributed by atoms with Crippen LogP contribution in [0.25, 0.3) is 0 Å². The fourth-order valence-corrected chi connectivity index (χ4v) is 2.13. The number of amides is 1. The predicted octanol–water partition coefficient (Wildman–Crippen LogP) is 4.73. The summed E-state index contributed by atoms with van der Waals surface area (Å²) in [6.07, 6.45) is 2.10. The van der Waals surface area contributed by atoms with Gasteiger partial charge in [0.05, 0.1) is 6.61 Å². The van der Waals surface area contributed by atoms with Crippen molar-refractivity contribution in [2.45, 2.75) is 33.6 Å². The molecule has 0 fully saturated rings. The van der Waals surface area contributed by atoms with Gasteiger partial charge in [0.1, 0.15) is 5.75 Å². The Bertz CT molecular complexity index is 650. The zero-order chi connectivity index (χ0) is 15.9. The van der Waals surface area contributed by atoms with Crippen LogP contribution in [0.15, 0.2) is 42.5 Å². The maximum atomic E-state index is 12.4. The Morgan fingerprint density at radius 1 is 1.14 bits per heavy atom. The van der Waals surface area contributed by atoms with Gasteiger partial charge in [0, 0.05) is 11.3 Å². The number of carbonyl (C=O) groups is 1. The molecule has 2 rings (SSSR count). The molecule has 0 saturated carbocycles. The quantitative estimate of drug-likeness (QED) is 0.782. The molecule has 2 aromatic carbocycles. The molecule has 1 amide bonds. The summed E-state index contributed by atoms with van der Waals surface area (Å²) in [5.41, 5.74) is 3.63. The van der Waals surface area contributed by atoms with E-state index in [-0.39, 0.29) is 5.91 Å². The monoisotopic (exact) mass is 297 g/mol. The molecule has 0 atom stereocenters. The van der Waals surface area contributed by atoms with E-state index in [0.29, 0.717) is 12.2 Å². The average Bonchev–Trinajstić information content (AvgIpc) is 2.51. The lowest BCUT2D eigenvalue weighted by atomic mass is 10.1. The van der Waals surface area contributed by atoms with Gasteiger partial charge in [-0.15, -0.1) is 0 Å². The Labute approximate surface area is 132 Å². The van der Waals surface area contributed by atoms with E-state index >= 15 is 0 Å². The predicted molar refractivity (Wildman–Crippen MR) is 90.7 cm³/mol. The largest absolute Gasteiger partial charge is 0.494 e. The van der Waals surface area contributed by atoms with Crippen LogP contribution in [-0.2, 0) is 0 Å². The van der Waals surface area contributed by atoms with Crippen LogP contribution in [0.5, 0.6) is 5.75 Å². The highest BCUT2D eigenvalue weighted by Gasteiger charge is 2.09. The summed E-state index contributed by atoms with van der Waals surface area (Å²) in [5, 5.41) is 2.97. The summed E-state index contributed by atoms with van der Waals surface area (Å²) < 4.78 is 5.65. The summed E-state index contributed by atoms with van der Waals surface area (Å²) in [6, 6.07) is 13.3. The summed E-state index contributed by atoms with van der Waals surface area (Å²) >= 11 is 0. The molecule has 0 radical (unpaired) electrons. The van der Waals surface area contributed by atoms with Crippen molar-refractivity contribution in [1.82, 2.24) is 0 Å². The van der Waals surface area contributed by atoms with E-state index in [4.69, 9.17) is 4.74 Å². The van der Waals surface area contributed by atoms with Crippen LogP contribution in [0.4, 0.5) is 5.69 Å². The number of hydrogen-bond acceptors (Lipinski definition) is 2. The fraction of sp³-hybridized carbons (Fsp3) is 0.316. The minimum absolute atomic E-state index is 0.116. The molecule has 0 spiro atoms. The van der Waals surface area contributed by atoms with Crippen LogP contribution in [0.2, 0.25) is 0 Å². The average molecular weight is 297 g/mol. The van der Waals surface area contributed by atoms with E-state index in [9.17, 15) is 4.79 Å². The van der Waals surface area contributed by atoms with Gasteiger partial charge in [-0.3, -0.25) is 4.79 Å². The van der Waals surface area contributed by atoms with Gasteiger partial charge in [0.2, 0.25) is 0 Å². The van der Waals surface area contributed by atoms with Crippen LogP contribution in [0.1, 0.15) is 41.3 Å². The van der Waals surface area contributed by atoms with E-state index in [1.165, 1.54) is 0 Å². The molecule has 0 aliphatic carbocycles. The van der Waals surface area contributed by atoms with Crippen molar-refractivity contribution in [1.29, 1.82) is 0 Å². The molecular weight excluding hydrogens is 274 g/mol. The first-order chi connectivity index (χ1) is 10.6. The van der Waals surface area contributed by atoms with Crippen LogP contribution in [0, 0.1) is 13.8 Å². The van der Waals surface area contributed by atoms with E-state index in [2.05, 4.69) is 12.2 Å². The van der Waals surface area contributed by atoms with Crippen LogP contribution in [-0.4, -0.2) is 12.5 Å². The number of rotatable bonds is 6. The van der Waals surface area contributed by atoms with E-state index in [1.54, 1.807) is 12.1 Å². The van der Waals surface area contributed by atoms with Gasteiger partial charge < -0.3 is 10.1 Å². The first-order valence-electron chi connectivity index (χ1n) is 7.71. The highest BCUT2D eigenvalue weighted by atomic mass is 16.5. The molecule has 116 valence electrons. The first-order valence-corrected chi connectivity index (χ1v) is 7.71. The third-order valence-electron chi connectivity index (χ3n) is 3.50. The number of benzene rings is 2. The maximum Gasteiger partial charge on any atom is 0.255 e. The van der Waals surface area contributed by atoms with Crippen LogP contribution >= 0.6 is 0 Å². The second-order valence-electron chi connectivity index (χ2n) is 5.50. The van der Waals surface area contributed by atoms with E-state index in [1.807, 2.05) is 44.2 Å². The lowest BCUT2D eigenvalue weighted by molar-refractivity contribution is 0.102. The molecule has 2 aromatic rings. The van der Waals surface area contributed by atoms with Crippen molar-refractivity contribution < 1.29 is 9.53 Å². The maximum absolute atomic E-state index is 12.4. The SMILES string of the molecule is CCCCOc1cccc(C(=O)Nc2cc(C)ccc2C)c1. The van der Waals surface area contributed by atoms with E-state index in [0.717, 1.165) is 35.4 Å². The highest BCUT2D eigenvalue weighted by Crippen LogP contribution is 2.19. The topological polar surface area (TPSA) is 38.3 Å². The third kappa shape index (κ3) is 4.35. The summed E-state index contributed by atoms with van der Waals surface area (Å²) in [7, 11) is 0. The van der Waals surface area contributed by atoms with Crippen LogP contribution in [0.3, 0.4) is 0 Å². The molecule has 0 heterocycles. The highest BCUT2D eigenvalue weighted by molar-refractivity contribution is 6.04. The van der Waals surface area contributed by atoms with Gasteiger partial charge in [0.15, 0.2) is 0 Å². The minimum atomic E-state index is -0.116. The van der Waals surface area contributed by atoms with E-state index < -0.39 is 0 Å². The Morgan fingerprint density at radius 2 is 1.95 bits per heavy atom. The molecule has 22 heavy (non-hydrogen) atoms. The lowest BCUT2D eigenvalue weighted by Crippen LogP contribution is -2.13. The van der Waals surface area contributed by atoms with Crippen molar-refractivity contribution in [2.24, 2.45) is 0 Å². The number of aryl methyl sites for hydroxylation is 2. The lowest BCUT2D eigenvalue weighted by Gasteiger charge is -2.11. The van der Waals surface area contributed by atoms with Crippen molar-refractivity contribution in [3.8, 4) is 5.75 Å². The minimum Gasteiger partial charge on any atom is -0.494 e. The molecule has 0 aliphatic heterocycles. The van der Waals surface area contributed by atoms with Crippen molar-refractivity contribution in [2.75, 3.05) is 11.9 Å². The molecule has 0 bridgehead atoms. The molecule has 0 aliphatic rings. The van der Waals surface area contributed by atoms with Crippen LogP contribution < -0.4 is 10.1 Å². The number of hydrogen-bond donors (Lipinski definition) is 1. The zero-order valence-corrected chi connectivity index (χ0v) is 13.5. The van der Waals surface area contributed by atoms with Crippen molar-refractivity contribution in [3.05, 3.63) is 59.2 Å². The molecule has 1 N–H and O–H groups in total. The smallest absolute Gasteiger partial charge is 0.255 e. The molecule has 3 nitrogen and oxygen atoms in total. The third-order valence-corrected chi connectivity index (χ3v) is 3.50. The standard InChI is InChI=1S/C19H23NO2/c1-4-5-11-22-17-8-6-7-16(13-17)19(21)20-18-12-14(2)9-10-15(18)3/h6-10,12-13H,4-5,11H2,1-3H3,(H,20,21). The number of ether oxygens (including phenoxy) is 1. The van der Waals surface area contributed by atoms with Gasteiger partial charge in [-0.2, -0.15) is 0 Å². The molecule has 3 heteroatoms. The van der Waals surface area contributed by atoms with Gasteiger partial charge in [0.25, 0.3) is 5.91 Å². The number of carbonyl (C=O) groups excluding carboxylic acids is 1. The van der Waals surface area contributed by atoms with Gasteiger partial charge in [-0.05, 0) is 55.7 Å².